The average molecular weight is 495 g/mol. The predicted octanol–water partition coefficient (Wildman–Crippen LogP) is 3.86. The SMILES string of the molecule is C#CCOc1c(CC=C)cc(C=C2C(=O)NC(=O)N(c3cccc(Br)c3)C2=O)cc1OC. The molecule has 7 nitrogen and oxygen atoms in total. The zero-order valence-electron chi connectivity index (χ0n) is 17.2. The largest absolute Gasteiger partial charge is 0.493 e. The van der Waals surface area contributed by atoms with Crippen LogP contribution in [0.3, 0.4) is 0 Å². The number of allylic oxidation sites excluding steroid dienone is 1. The third kappa shape index (κ3) is 4.74. The number of hydrogen-bond acceptors (Lipinski definition) is 5. The maximum atomic E-state index is 13.1. The standard InChI is InChI=1S/C24H19BrN2O5/c1-4-7-16-11-15(13-20(31-3)21(16)32-10-5-2)12-19-22(28)26-24(30)27(23(19)29)18-9-6-8-17(25)14-18/h2,4,6,8-9,11-14H,1,7,10H2,3H3,(H,26,28,30). The van der Waals surface area contributed by atoms with Gasteiger partial charge in [0.15, 0.2) is 11.5 Å². The first-order valence-electron chi connectivity index (χ1n) is 9.44. The molecule has 162 valence electrons. The first-order valence-corrected chi connectivity index (χ1v) is 10.2. The van der Waals surface area contributed by atoms with Gasteiger partial charge in [0.2, 0.25) is 0 Å². The van der Waals surface area contributed by atoms with Gasteiger partial charge in [0.1, 0.15) is 12.2 Å². The van der Waals surface area contributed by atoms with Gasteiger partial charge in [0, 0.05) is 10.0 Å². The lowest BCUT2D eigenvalue weighted by atomic mass is 10.0. The Morgan fingerprint density at radius 1 is 1.25 bits per heavy atom. The van der Waals surface area contributed by atoms with E-state index in [-0.39, 0.29) is 12.2 Å². The Bertz CT molecular complexity index is 1180. The number of nitrogens with zero attached hydrogens (tertiary/aromatic N) is 1. The molecule has 32 heavy (non-hydrogen) atoms. The van der Waals surface area contributed by atoms with Crippen LogP contribution in [0.5, 0.6) is 11.5 Å². The van der Waals surface area contributed by atoms with Crippen LogP contribution in [-0.2, 0) is 16.0 Å². The fourth-order valence-electron chi connectivity index (χ4n) is 3.18. The lowest BCUT2D eigenvalue weighted by Gasteiger charge is -2.26. The van der Waals surface area contributed by atoms with Gasteiger partial charge in [0.05, 0.1) is 12.8 Å². The molecule has 1 aliphatic rings. The van der Waals surface area contributed by atoms with Crippen LogP contribution in [0.2, 0.25) is 0 Å². The van der Waals surface area contributed by atoms with E-state index in [0.717, 1.165) is 4.90 Å². The maximum absolute atomic E-state index is 13.1. The molecule has 0 bridgehead atoms. The van der Waals surface area contributed by atoms with Crippen LogP contribution in [0.1, 0.15) is 11.1 Å². The quantitative estimate of drug-likeness (QED) is 0.273. The Morgan fingerprint density at radius 2 is 2.03 bits per heavy atom. The van der Waals surface area contributed by atoms with Crippen LogP contribution in [0.25, 0.3) is 6.08 Å². The summed E-state index contributed by atoms with van der Waals surface area (Å²) in [5.74, 6) is 1.71. The highest BCUT2D eigenvalue weighted by molar-refractivity contribution is 9.10. The number of halogens is 1. The zero-order chi connectivity index (χ0) is 23.3. The molecule has 2 aromatic carbocycles. The molecule has 0 spiro atoms. The molecular formula is C24H19BrN2O5. The fourth-order valence-corrected chi connectivity index (χ4v) is 3.56. The van der Waals surface area contributed by atoms with E-state index in [9.17, 15) is 14.4 Å². The molecule has 0 unspecified atom stereocenters. The van der Waals surface area contributed by atoms with Crippen LogP contribution in [-0.4, -0.2) is 31.6 Å². The molecule has 1 aliphatic heterocycles. The normalized spacial score (nSPS) is 14.7. The number of nitrogens with one attached hydrogen (secondary N) is 1. The minimum atomic E-state index is -0.821. The zero-order valence-corrected chi connectivity index (χ0v) is 18.8. The van der Waals surface area contributed by atoms with Gasteiger partial charge >= 0.3 is 6.03 Å². The van der Waals surface area contributed by atoms with Crippen molar-refractivity contribution in [1.82, 2.24) is 5.32 Å². The molecule has 2 aromatic rings. The van der Waals surface area contributed by atoms with Gasteiger partial charge in [0.25, 0.3) is 11.8 Å². The Balaban J connectivity index is 2.07. The van der Waals surface area contributed by atoms with E-state index in [1.165, 1.54) is 13.2 Å². The fraction of sp³-hybridized carbons (Fsp3) is 0.125. The number of methoxy groups -OCH3 is 1. The van der Waals surface area contributed by atoms with Gasteiger partial charge in [-0.3, -0.25) is 14.9 Å². The number of barbiturate groups is 1. The molecule has 0 aromatic heterocycles. The molecule has 0 saturated carbocycles. The number of carbonyl (C=O) groups excluding carboxylic acids is 3. The number of terminal acetylenes is 1. The number of anilines is 1. The van der Waals surface area contributed by atoms with Gasteiger partial charge in [-0.1, -0.05) is 34.0 Å². The lowest BCUT2D eigenvalue weighted by molar-refractivity contribution is -0.122. The van der Waals surface area contributed by atoms with E-state index in [1.807, 2.05) is 0 Å². The van der Waals surface area contributed by atoms with Gasteiger partial charge in [-0.25, -0.2) is 9.69 Å². The van der Waals surface area contributed by atoms with Crippen molar-refractivity contribution in [2.75, 3.05) is 18.6 Å². The monoisotopic (exact) mass is 494 g/mol. The maximum Gasteiger partial charge on any atom is 0.335 e. The number of benzene rings is 2. The Hall–Kier alpha value is -3.83. The van der Waals surface area contributed by atoms with Gasteiger partial charge in [-0.15, -0.1) is 13.0 Å². The van der Waals surface area contributed by atoms with Crippen molar-refractivity contribution in [2.45, 2.75) is 6.42 Å². The average Bonchev–Trinajstić information content (AvgIpc) is 2.75. The highest BCUT2D eigenvalue weighted by Gasteiger charge is 2.37. The number of carbonyl (C=O) groups is 3. The van der Waals surface area contributed by atoms with E-state index in [0.29, 0.717) is 39.2 Å². The molecule has 1 fully saturated rings. The number of amides is 4. The highest BCUT2D eigenvalue weighted by Crippen LogP contribution is 2.35. The number of ether oxygens (including phenoxy) is 2. The van der Waals surface area contributed by atoms with Gasteiger partial charge in [-0.05, 0) is 48.4 Å². The number of imide groups is 2. The predicted molar refractivity (Wildman–Crippen MR) is 124 cm³/mol. The summed E-state index contributed by atoms with van der Waals surface area (Å²) in [5.41, 5.74) is 1.34. The van der Waals surface area contributed by atoms with Crippen molar-refractivity contribution in [3.05, 3.63) is 70.2 Å². The van der Waals surface area contributed by atoms with Crippen LogP contribution >= 0.6 is 15.9 Å². The third-order valence-electron chi connectivity index (χ3n) is 4.52. The molecule has 1 N–H and O–H groups in total. The molecule has 4 amide bonds. The van der Waals surface area contributed by atoms with E-state index in [1.54, 1.807) is 42.5 Å². The number of hydrogen-bond donors (Lipinski definition) is 1. The second-order valence-electron chi connectivity index (χ2n) is 6.63. The van der Waals surface area contributed by atoms with Crippen molar-refractivity contribution < 1.29 is 23.9 Å². The van der Waals surface area contributed by atoms with Crippen molar-refractivity contribution in [3.8, 4) is 23.8 Å². The van der Waals surface area contributed by atoms with E-state index < -0.39 is 17.8 Å². The van der Waals surface area contributed by atoms with E-state index in [2.05, 4.69) is 33.7 Å². The van der Waals surface area contributed by atoms with Crippen LogP contribution in [0.4, 0.5) is 10.5 Å². The lowest BCUT2D eigenvalue weighted by Crippen LogP contribution is -2.54. The van der Waals surface area contributed by atoms with Crippen molar-refractivity contribution in [2.24, 2.45) is 0 Å². The number of urea groups is 1. The molecule has 1 heterocycles. The first-order chi connectivity index (χ1) is 15.4. The second-order valence-corrected chi connectivity index (χ2v) is 7.55. The van der Waals surface area contributed by atoms with Crippen LogP contribution in [0.15, 0.2) is 59.1 Å². The molecule has 0 atom stereocenters. The topological polar surface area (TPSA) is 84.9 Å². The summed E-state index contributed by atoms with van der Waals surface area (Å²) < 4.78 is 11.7. The summed E-state index contributed by atoms with van der Waals surface area (Å²) in [6, 6.07) is 9.18. The molecule has 3 rings (SSSR count). The van der Waals surface area contributed by atoms with Crippen molar-refractivity contribution in [1.29, 1.82) is 0 Å². The van der Waals surface area contributed by atoms with Crippen molar-refractivity contribution >= 4 is 45.5 Å². The van der Waals surface area contributed by atoms with Gasteiger partial charge < -0.3 is 9.47 Å². The van der Waals surface area contributed by atoms with E-state index >= 15 is 0 Å². The smallest absolute Gasteiger partial charge is 0.335 e. The minimum Gasteiger partial charge on any atom is -0.493 e. The molecular weight excluding hydrogens is 476 g/mol. The van der Waals surface area contributed by atoms with Crippen LogP contribution in [0, 0.1) is 12.3 Å². The minimum absolute atomic E-state index is 0.0472. The highest BCUT2D eigenvalue weighted by atomic mass is 79.9. The summed E-state index contributed by atoms with van der Waals surface area (Å²) >= 11 is 3.32. The summed E-state index contributed by atoms with van der Waals surface area (Å²) in [6.07, 6.45) is 8.81. The first kappa shape index (κ1) is 22.8. The summed E-state index contributed by atoms with van der Waals surface area (Å²) in [7, 11) is 1.47. The Kier molecular flexibility index (Phi) is 7.13. The summed E-state index contributed by atoms with van der Waals surface area (Å²) in [4.78, 5) is 38.9. The van der Waals surface area contributed by atoms with Gasteiger partial charge in [-0.2, -0.15) is 0 Å². The Morgan fingerprint density at radius 3 is 2.69 bits per heavy atom. The molecule has 0 aliphatic carbocycles. The molecule has 8 heteroatoms. The van der Waals surface area contributed by atoms with Crippen molar-refractivity contribution in [3.63, 3.8) is 0 Å². The third-order valence-corrected chi connectivity index (χ3v) is 5.01. The van der Waals surface area contributed by atoms with E-state index in [4.69, 9.17) is 15.9 Å². The molecule has 0 radical (unpaired) electrons. The van der Waals surface area contributed by atoms with Crippen LogP contribution < -0.4 is 19.7 Å². The summed E-state index contributed by atoms with van der Waals surface area (Å²) in [5, 5.41) is 2.21. The second kappa shape index (κ2) is 9.98. The molecule has 1 saturated heterocycles. The Labute approximate surface area is 193 Å². The number of rotatable bonds is 7. The summed E-state index contributed by atoms with van der Waals surface area (Å²) in [6.45, 7) is 3.79.